The summed E-state index contributed by atoms with van der Waals surface area (Å²) in [6, 6.07) is 8.83. The lowest BCUT2D eigenvalue weighted by atomic mass is 10.0. The van der Waals surface area contributed by atoms with E-state index in [1.54, 1.807) is 4.90 Å². The quantitative estimate of drug-likeness (QED) is 0.882. The number of aryl methyl sites for hydroxylation is 1. The Balaban J connectivity index is 1.98. The summed E-state index contributed by atoms with van der Waals surface area (Å²) in [6.07, 6.45) is 1.97. The van der Waals surface area contributed by atoms with E-state index >= 15 is 0 Å². The molecule has 3 heteroatoms. The Morgan fingerprint density at radius 1 is 1.39 bits per heavy atom. The van der Waals surface area contributed by atoms with Crippen molar-refractivity contribution >= 4 is 5.91 Å². The van der Waals surface area contributed by atoms with Crippen LogP contribution in [0.4, 0.5) is 0 Å². The summed E-state index contributed by atoms with van der Waals surface area (Å²) in [6.45, 7) is 5.13. The molecule has 18 heavy (non-hydrogen) atoms. The fourth-order valence-corrected chi connectivity index (χ4v) is 2.42. The summed E-state index contributed by atoms with van der Waals surface area (Å²) in [5, 5.41) is 3.42. The predicted molar refractivity (Wildman–Crippen MR) is 73.4 cm³/mol. The van der Waals surface area contributed by atoms with Crippen LogP contribution in [-0.2, 0) is 11.2 Å². The van der Waals surface area contributed by atoms with Crippen molar-refractivity contribution in [1.82, 2.24) is 10.2 Å². The highest BCUT2D eigenvalue weighted by Crippen LogP contribution is 2.17. The van der Waals surface area contributed by atoms with E-state index in [2.05, 4.69) is 43.4 Å². The number of rotatable bonds is 4. The normalized spacial score (nSPS) is 21.4. The van der Waals surface area contributed by atoms with Gasteiger partial charge in [0.1, 0.15) is 0 Å². The molecule has 0 saturated carbocycles. The van der Waals surface area contributed by atoms with Crippen LogP contribution < -0.4 is 5.32 Å². The number of amides is 1. The highest BCUT2D eigenvalue weighted by molar-refractivity contribution is 5.83. The molecule has 2 atom stereocenters. The highest BCUT2D eigenvalue weighted by atomic mass is 16.2. The molecule has 1 saturated heterocycles. The zero-order chi connectivity index (χ0) is 13.1. The maximum atomic E-state index is 11.8. The summed E-state index contributed by atoms with van der Waals surface area (Å²) in [7, 11) is 1.87. The number of likely N-dealkylation sites (N-methyl/N-ethyl adjacent to an activating group) is 1. The molecule has 1 N–H and O–H groups in total. The van der Waals surface area contributed by atoms with Crippen molar-refractivity contribution < 1.29 is 4.79 Å². The Morgan fingerprint density at radius 3 is 2.56 bits per heavy atom. The molecule has 98 valence electrons. The lowest BCUT2D eigenvalue weighted by molar-refractivity contribution is -0.128. The zero-order valence-corrected chi connectivity index (χ0v) is 11.4. The van der Waals surface area contributed by atoms with E-state index in [9.17, 15) is 4.79 Å². The summed E-state index contributed by atoms with van der Waals surface area (Å²) < 4.78 is 0. The van der Waals surface area contributed by atoms with Crippen molar-refractivity contribution in [2.24, 2.45) is 0 Å². The third-order valence-electron chi connectivity index (χ3n) is 3.77. The van der Waals surface area contributed by atoms with Crippen molar-refractivity contribution in [3.63, 3.8) is 0 Å². The van der Waals surface area contributed by atoms with E-state index in [-0.39, 0.29) is 18.0 Å². The van der Waals surface area contributed by atoms with Crippen molar-refractivity contribution in [2.75, 3.05) is 13.6 Å². The largest absolute Gasteiger partial charge is 0.344 e. The van der Waals surface area contributed by atoms with Crippen LogP contribution in [0.2, 0.25) is 0 Å². The predicted octanol–water partition coefficient (Wildman–Crippen LogP) is 2.13. The summed E-state index contributed by atoms with van der Waals surface area (Å²) in [5.41, 5.74) is 2.59. The molecule has 1 amide bonds. The van der Waals surface area contributed by atoms with Gasteiger partial charge in [0.25, 0.3) is 0 Å². The Morgan fingerprint density at radius 2 is 2.06 bits per heavy atom. The van der Waals surface area contributed by atoms with Crippen LogP contribution in [0.1, 0.15) is 37.4 Å². The zero-order valence-electron chi connectivity index (χ0n) is 11.4. The van der Waals surface area contributed by atoms with Crippen molar-refractivity contribution in [3.05, 3.63) is 35.4 Å². The summed E-state index contributed by atoms with van der Waals surface area (Å²) in [5.74, 6) is 0.215. The van der Waals surface area contributed by atoms with Crippen LogP contribution in [0, 0.1) is 0 Å². The fourth-order valence-electron chi connectivity index (χ4n) is 2.42. The van der Waals surface area contributed by atoms with Crippen LogP contribution in [0.15, 0.2) is 24.3 Å². The van der Waals surface area contributed by atoms with E-state index in [4.69, 9.17) is 0 Å². The van der Waals surface area contributed by atoms with E-state index in [0.717, 1.165) is 19.4 Å². The first-order valence-electron chi connectivity index (χ1n) is 6.71. The second kappa shape index (κ2) is 5.53. The molecule has 0 aromatic heterocycles. The average molecular weight is 246 g/mol. The van der Waals surface area contributed by atoms with E-state index in [0.29, 0.717) is 0 Å². The molecule has 1 aromatic rings. The molecule has 0 bridgehead atoms. The maximum Gasteiger partial charge on any atom is 0.239 e. The van der Waals surface area contributed by atoms with Gasteiger partial charge >= 0.3 is 0 Å². The molecule has 3 nitrogen and oxygen atoms in total. The standard InChI is InChI=1S/C15H22N2O/c1-4-12-5-7-13(8-6-12)11(2)16-14-9-10-17(3)15(14)18/h5-8,11,14,16H,4,9-10H2,1-3H3. The van der Waals surface area contributed by atoms with Gasteiger partial charge in [-0.1, -0.05) is 31.2 Å². The number of nitrogens with zero attached hydrogens (tertiary/aromatic N) is 1. The van der Waals surface area contributed by atoms with Crippen LogP contribution in [-0.4, -0.2) is 30.4 Å². The molecule has 0 aliphatic carbocycles. The number of likely N-dealkylation sites (tertiary alicyclic amines) is 1. The highest BCUT2D eigenvalue weighted by Gasteiger charge is 2.29. The smallest absolute Gasteiger partial charge is 0.239 e. The molecule has 1 fully saturated rings. The van der Waals surface area contributed by atoms with Gasteiger partial charge in [0.15, 0.2) is 0 Å². The van der Waals surface area contributed by atoms with Gasteiger partial charge < -0.3 is 4.90 Å². The maximum absolute atomic E-state index is 11.8. The average Bonchev–Trinajstić information content (AvgIpc) is 2.71. The molecule has 0 spiro atoms. The molecule has 1 aliphatic rings. The second-order valence-corrected chi connectivity index (χ2v) is 5.08. The molecular weight excluding hydrogens is 224 g/mol. The topological polar surface area (TPSA) is 32.3 Å². The lowest BCUT2D eigenvalue weighted by Gasteiger charge is -2.19. The van der Waals surface area contributed by atoms with Crippen molar-refractivity contribution in [1.29, 1.82) is 0 Å². The van der Waals surface area contributed by atoms with Gasteiger partial charge in [-0.15, -0.1) is 0 Å². The van der Waals surface area contributed by atoms with Crippen LogP contribution >= 0.6 is 0 Å². The first kappa shape index (κ1) is 13.1. The van der Waals surface area contributed by atoms with Gasteiger partial charge in [-0.3, -0.25) is 10.1 Å². The molecule has 1 heterocycles. The first-order chi connectivity index (χ1) is 8.61. The number of benzene rings is 1. The third kappa shape index (κ3) is 2.72. The van der Waals surface area contributed by atoms with Gasteiger partial charge in [-0.2, -0.15) is 0 Å². The van der Waals surface area contributed by atoms with E-state index in [1.807, 2.05) is 7.05 Å². The number of hydrogen-bond donors (Lipinski definition) is 1. The molecule has 1 aromatic carbocycles. The number of carbonyl (C=O) groups excluding carboxylic acids is 1. The van der Waals surface area contributed by atoms with Crippen LogP contribution in [0.3, 0.4) is 0 Å². The van der Waals surface area contributed by atoms with Gasteiger partial charge in [-0.25, -0.2) is 0 Å². The summed E-state index contributed by atoms with van der Waals surface area (Å²) >= 11 is 0. The SMILES string of the molecule is CCc1ccc(C(C)NC2CCN(C)C2=O)cc1. The Bertz CT molecular complexity index is 413. The molecule has 2 rings (SSSR count). The number of carbonyl (C=O) groups is 1. The minimum atomic E-state index is -0.0177. The number of hydrogen-bond acceptors (Lipinski definition) is 2. The molecule has 0 radical (unpaired) electrons. The minimum Gasteiger partial charge on any atom is -0.344 e. The fraction of sp³-hybridized carbons (Fsp3) is 0.533. The Hall–Kier alpha value is -1.35. The first-order valence-corrected chi connectivity index (χ1v) is 6.71. The molecule has 2 unspecified atom stereocenters. The monoisotopic (exact) mass is 246 g/mol. The van der Waals surface area contributed by atoms with E-state index in [1.165, 1.54) is 11.1 Å². The van der Waals surface area contributed by atoms with Gasteiger partial charge in [0.05, 0.1) is 6.04 Å². The lowest BCUT2D eigenvalue weighted by Crippen LogP contribution is -2.38. The second-order valence-electron chi connectivity index (χ2n) is 5.08. The Kier molecular flexibility index (Phi) is 4.02. The summed E-state index contributed by atoms with van der Waals surface area (Å²) in [4.78, 5) is 13.6. The Labute approximate surface area is 109 Å². The number of nitrogens with one attached hydrogen (secondary N) is 1. The van der Waals surface area contributed by atoms with Crippen molar-refractivity contribution in [2.45, 2.75) is 38.8 Å². The van der Waals surface area contributed by atoms with Gasteiger partial charge in [-0.05, 0) is 30.9 Å². The van der Waals surface area contributed by atoms with Crippen LogP contribution in [0.25, 0.3) is 0 Å². The van der Waals surface area contributed by atoms with Crippen molar-refractivity contribution in [3.8, 4) is 0 Å². The molecule has 1 aliphatic heterocycles. The van der Waals surface area contributed by atoms with Gasteiger partial charge in [0.2, 0.25) is 5.91 Å². The van der Waals surface area contributed by atoms with E-state index < -0.39 is 0 Å². The third-order valence-corrected chi connectivity index (χ3v) is 3.77. The molecular formula is C15H22N2O. The minimum absolute atomic E-state index is 0.0177. The van der Waals surface area contributed by atoms with Gasteiger partial charge in [0, 0.05) is 19.6 Å². The van der Waals surface area contributed by atoms with Crippen LogP contribution in [0.5, 0.6) is 0 Å².